The molecule has 0 aromatic heterocycles. The summed E-state index contributed by atoms with van der Waals surface area (Å²) >= 11 is 0. The molecule has 24 heavy (non-hydrogen) atoms. The second kappa shape index (κ2) is 4.56. The number of carbonyl (C=O) groups excluding carboxylic acids is 1. The summed E-state index contributed by atoms with van der Waals surface area (Å²) in [6, 6.07) is 0. The van der Waals surface area contributed by atoms with E-state index in [2.05, 4.69) is 20.8 Å². The number of hydrogen-bond donors (Lipinski definition) is 1. The molecule has 4 nitrogen and oxygen atoms in total. The number of ether oxygens (including phenoxy) is 2. The van der Waals surface area contributed by atoms with E-state index in [0.717, 1.165) is 25.7 Å². The number of hydrogen-bond acceptors (Lipinski definition) is 4. The average molecular weight is 334 g/mol. The lowest BCUT2D eigenvalue weighted by molar-refractivity contribution is -0.241. The van der Waals surface area contributed by atoms with E-state index in [1.165, 1.54) is 19.3 Å². The van der Waals surface area contributed by atoms with E-state index < -0.39 is 12.6 Å². The van der Waals surface area contributed by atoms with Crippen molar-refractivity contribution in [3.05, 3.63) is 0 Å². The predicted octanol–water partition coefficient (Wildman–Crippen LogP) is 3.47. The minimum absolute atomic E-state index is 0.0554. The number of aliphatic hydroxyl groups is 1. The van der Waals surface area contributed by atoms with Crippen molar-refractivity contribution in [1.82, 2.24) is 0 Å². The van der Waals surface area contributed by atoms with Crippen molar-refractivity contribution < 1.29 is 19.4 Å². The Balaban J connectivity index is 1.61. The van der Waals surface area contributed by atoms with Gasteiger partial charge in [0.05, 0.1) is 5.92 Å². The van der Waals surface area contributed by atoms with Crippen molar-refractivity contribution in [2.75, 3.05) is 0 Å². The van der Waals surface area contributed by atoms with Gasteiger partial charge < -0.3 is 14.6 Å². The zero-order valence-corrected chi connectivity index (χ0v) is 15.1. The van der Waals surface area contributed by atoms with Gasteiger partial charge >= 0.3 is 5.97 Å². The van der Waals surface area contributed by atoms with E-state index in [4.69, 9.17) is 9.47 Å². The molecule has 0 aromatic rings. The molecule has 0 bridgehead atoms. The van der Waals surface area contributed by atoms with Gasteiger partial charge in [0, 0.05) is 11.3 Å². The van der Waals surface area contributed by atoms with Crippen LogP contribution in [-0.2, 0) is 14.3 Å². The molecule has 4 heteroatoms. The highest BCUT2D eigenvalue weighted by Gasteiger charge is 2.74. The Hall–Kier alpha value is -0.610. The smallest absolute Gasteiger partial charge is 0.311 e. The Labute approximate surface area is 144 Å². The highest BCUT2D eigenvalue weighted by atomic mass is 16.8. The van der Waals surface area contributed by atoms with E-state index in [0.29, 0.717) is 17.3 Å². The Morgan fingerprint density at radius 1 is 1.04 bits per heavy atom. The monoisotopic (exact) mass is 334 g/mol. The normalized spacial score (nSPS) is 57.8. The molecule has 0 radical (unpaired) electrons. The number of carbonyl (C=O) groups is 1. The molecule has 2 heterocycles. The van der Waals surface area contributed by atoms with Gasteiger partial charge in [-0.05, 0) is 61.2 Å². The van der Waals surface area contributed by atoms with E-state index in [9.17, 15) is 9.90 Å². The summed E-state index contributed by atoms with van der Waals surface area (Å²) in [4.78, 5) is 12.3. The third kappa shape index (κ3) is 1.61. The van der Waals surface area contributed by atoms with Gasteiger partial charge in [-0.2, -0.15) is 0 Å². The van der Waals surface area contributed by atoms with E-state index in [-0.39, 0.29) is 28.6 Å². The van der Waals surface area contributed by atoms with Crippen molar-refractivity contribution >= 4 is 5.97 Å². The van der Waals surface area contributed by atoms with Crippen LogP contribution in [0.5, 0.6) is 0 Å². The average Bonchev–Trinajstić information content (AvgIpc) is 2.96. The van der Waals surface area contributed by atoms with Crippen LogP contribution < -0.4 is 0 Å². The van der Waals surface area contributed by atoms with Gasteiger partial charge in [0.1, 0.15) is 0 Å². The van der Waals surface area contributed by atoms with Crippen molar-refractivity contribution in [3.63, 3.8) is 0 Å². The van der Waals surface area contributed by atoms with Crippen LogP contribution in [0, 0.1) is 39.9 Å². The van der Waals surface area contributed by atoms with Crippen molar-refractivity contribution in [2.24, 2.45) is 39.9 Å². The molecule has 2 saturated heterocycles. The molecular weight excluding hydrogens is 304 g/mol. The highest BCUT2D eigenvalue weighted by molar-refractivity contribution is 5.75. The molecule has 3 unspecified atom stereocenters. The number of aliphatic hydroxyl groups excluding tert-OH is 1. The van der Waals surface area contributed by atoms with Gasteiger partial charge in [-0.15, -0.1) is 0 Å². The lowest BCUT2D eigenvalue weighted by Crippen LogP contribution is -2.62. The lowest BCUT2D eigenvalue weighted by atomic mass is 9.38. The fourth-order valence-electron chi connectivity index (χ4n) is 8.19. The third-order valence-electron chi connectivity index (χ3n) is 8.96. The van der Waals surface area contributed by atoms with Crippen LogP contribution in [0.25, 0.3) is 0 Å². The number of rotatable bonds is 0. The summed E-state index contributed by atoms with van der Waals surface area (Å²) in [5.41, 5.74) is 0.353. The van der Waals surface area contributed by atoms with Crippen LogP contribution in [-0.4, -0.2) is 23.7 Å². The first-order chi connectivity index (χ1) is 11.3. The summed E-state index contributed by atoms with van der Waals surface area (Å²) in [5, 5.41) is 10.9. The summed E-state index contributed by atoms with van der Waals surface area (Å²) in [7, 11) is 0. The van der Waals surface area contributed by atoms with Crippen molar-refractivity contribution in [1.29, 1.82) is 0 Å². The van der Waals surface area contributed by atoms with E-state index >= 15 is 0 Å². The topological polar surface area (TPSA) is 55.8 Å². The first-order valence-corrected chi connectivity index (χ1v) is 9.85. The molecule has 5 aliphatic rings. The molecule has 3 aliphatic carbocycles. The zero-order valence-electron chi connectivity index (χ0n) is 15.1. The third-order valence-corrected chi connectivity index (χ3v) is 8.96. The molecule has 5 fully saturated rings. The maximum atomic E-state index is 12.3. The van der Waals surface area contributed by atoms with Crippen LogP contribution in [0.1, 0.15) is 65.7 Å². The van der Waals surface area contributed by atoms with Gasteiger partial charge in [0.15, 0.2) is 6.29 Å². The molecule has 3 saturated carbocycles. The molecule has 1 N–H and O–H groups in total. The predicted molar refractivity (Wildman–Crippen MR) is 87.6 cm³/mol. The zero-order chi connectivity index (χ0) is 16.9. The fraction of sp³-hybridized carbons (Fsp3) is 0.950. The first kappa shape index (κ1) is 15.6. The fourth-order valence-corrected chi connectivity index (χ4v) is 8.19. The van der Waals surface area contributed by atoms with Gasteiger partial charge in [-0.25, -0.2) is 0 Å². The second-order valence-electron chi connectivity index (χ2n) is 10.1. The molecule has 1 spiro atoms. The minimum Gasteiger partial charge on any atom is -0.435 e. The standard InChI is InChI=1S/C20H30O4/c1-18(2)8-4-9-19(3)12(18)7-10-20-13(19)6-5-11-14(20)16(23-15(11)21)24-17(20)22/h11-14,16-17,22H,4-10H2,1-3H3/t11-,12?,13?,14?,16+,17-,19+,20+/m1/s1. The molecule has 0 aromatic carbocycles. The molecule has 8 atom stereocenters. The summed E-state index contributed by atoms with van der Waals surface area (Å²) in [6.07, 6.45) is 6.63. The molecule has 0 amide bonds. The van der Waals surface area contributed by atoms with Gasteiger partial charge in [0.2, 0.25) is 6.29 Å². The second-order valence-corrected chi connectivity index (χ2v) is 10.1. The van der Waals surface area contributed by atoms with Gasteiger partial charge in [0.25, 0.3) is 0 Å². The first-order valence-electron chi connectivity index (χ1n) is 9.85. The summed E-state index contributed by atoms with van der Waals surface area (Å²) in [6.45, 7) is 7.35. The molecule has 2 aliphatic heterocycles. The largest absolute Gasteiger partial charge is 0.435 e. The Morgan fingerprint density at radius 3 is 2.62 bits per heavy atom. The Kier molecular flexibility index (Phi) is 2.97. The summed E-state index contributed by atoms with van der Waals surface area (Å²) < 4.78 is 11.3. The van der Waals surface area contributed by atoms with Crippen LogP contribution in [0.15, 0.2) is 0 Å². The summed E-state index contributed by atoms with van der Waals surface area (Å²) in [5.74, 6) is 1.07. The maximum absolute atomic E-state index is 12.3. The number of esters is 1. The van der Waals surface area contributed by atoms with E-state index in [1.54, 1.807) is 0 Å². The molecule has 5 rings (SSSR count). The van der Waals surface area contributed by atoms with Crippen LogP contribution >= 0.6 is 0 Å². The quantitative estimate of drug-likeness (QED) is 0.689. The highest BCUT2D eigenvalue weighted by Crippen LogP contribution is 2.73. The molecule has 134 valence electrons. The molecular formula is C20H30O4. The Morgan fingerprint density at radius 2 is 1.83 bits per heavy atom. The lowest BCUT2D eigenvalue weighted by Gasteiger charge is -2.65. The SMILES string of the molecule is CC1(C)CCC[C@@]2(C)C1CC[C@@]13C4[C@@H](OC(=O)[C@@H]4CCC21)O[C@H]3O. The van der Waals surface area contributed by atoms with Crippen LogP contribution in [0.4, 0.5) is 0 Å². The van der Waals surface area contributed by atoms with Gasteiger partial charge in [-0.3, -0.25) is 4.79 Å². The number of fused-ring (bicyclic) bond motifs is 2. The van der Waals surface area contributed by atoms with Crippen molar-refractivity contribution in [3.8, 4) is 0 Å². The van der Waals surface area contributed by atoms with Crippen LogP contribution in [0.2, 0.25) is 0 Å². The van der Waals surface area contributed by atoms with Crippen LogP contribution in [0.3, 0.4) is 0 Å². The van der Waals surface area contributed by atoms with Gasteiger partial charge in [-0.1, -0.05) is 27.2 Å². The maximum Gasteiger partial charge on any atom is 0.311 e. The van der Waals surface area contributed by atoms with E-state index in [1.807, 2.05) is 0 Å². The minimum atomic E-state index is -0.767. The van der Waals surface area contributed by atoms with Crippen molar-refractivity contribution in [2.45, 2.75) is 78.3 Å². The Bertz CT molecular complexity index is 586.